The summed E-state index contributed by atoms with van der Waals surface area (Å²) in [5.41, 5.74) is 0.620. The van der Waals surface area contributed by atoms with Crippen LogP contribution in [0.5, 0.6) is 0 Å². The second-order valence-corrected chi connectivity index (χ2v) is 4.80. The zero-order valence-corrected chi connectivity index (χ0v) is 11.4. The van der Waals surface area contributed by atoms with Crippen LogP contribution in [-0.4, -0.2) is 51.4 Å². The number of nitrogens with zero attached hydrogens (tertiary/aromatic N) is 4. The number of aromatic nitrogens is 2. The molecule has 2 amide bonds. The van der Waals surface area contributed by atoms with Gasteiger partial charge in [-0.2, -0.15) is 5.10 Å². The summed E-state index contributed by atoms with van der Waals surface area (Å²) in [5, 5.41) is 7.91. The molecule has 0 radical (unpaired) electrons. The van der Waals surface area contributed by atoms with Crippen LogP contribution in [0.15, 0.2) is 12.1 Å². The van der Waals surface area contributed by atoms with E-state index in [1.54, 1.807) is 17.0 Å². The summed E-state index contributed by atoms with van der Waals surface area (Å²) < 4.78 is 0. The van der Waals surface area contributed by atoms with Crippen LogP contribution in [0.25, 0.3) is 0 Å². The standard InChI is InChI=1S/C12H15ClN4O2/c1-2-5-16-7-12(19)17(8-11(16)18)6-9-3-4-10(13)15-14-9/h3-4H,2,5-8H2,1H3. The lowest BCUT2D eigenvalue weighted by molar-refractivity contribution is -0.150. The Balaban J connectivity index is 2.00. The fraction of sp³-hybridized carbons (Fsp3) is 0.500. The van der Waals surface area contributed by atoms with Crippen LogP contribution < -0.4 is 0 Å². The van der Waals surface area contributed by atoms with Gasteiger partial charge in [-0.1, -0.05) is 18.5 Å². The lowest BCUT2D eigenvalue weighted by Gasteiger charge is -2.33. The fourth-order valence-electron chi connectivity index (χ4n) is 1.94. The third-order valence-corrected chi connectivity index (χ3v) is 3.09. The highest BCUT2D eigenvalue weighted by Crippen LogP contribution is 2.10. The molecular formula is C12H15ClN4O2. The van der Waals surface area contributed by atoms with E-state index in [-0.39, 0.29) is 31.4 Å². The molecular weight excluding hydrogens is 268 g/mol. The Morgan fingerprint density at radius 3 is 2.47 bits per heavy atom. The van der Waals surface area contributed by atoms with Gasteiger partial charge in [0.2, 0.25) is 11.8 Å². The van der Waals surface area contributed by atoms with Crippen LogP contribution in [0, 0.1) is 0 Å². The molecule has 0 spiro atoms. The quantitative estimate of drug-likeness (QED) is 0.816. The average Bonchev–Trinajstić information content (AvgIpc) is 2.38. The van der Waals surface area contributed by atoms with Gasteiger partial charge in [-0.05, 0) is 18.6 Å². The maximum atomic E-state index is 12.0. The molecule has 19 heavy (non-hydrogen) atoms. The highest BCUT2D eigenvalue weighted by atomic mass is 35.5. The summed E-state index contributed by atoms with van der Waals surface area (Å²) in [6, 6.07) is 3.31. The van der Waals surface area contributed by atoms with Crippen LogP contribution in [0.2, 0.25) is 5.15 Å². The van der Waals surface area contributed by atoms with Crippen molar-refractivity contribution in [1.82, 2.24) is 20.0 Å². The summed E-state index contributed by atoms with van der Waals surface area (Å²) in [7, 11) is 0. The van der Waals surface area contributed by atoms with E-state index >= 15 is 0 Å². The molecule has 7 heteroatoms. The third kappa shape index (κ3) is 3.41. The molecule has 1 aliphatic heterocycles. The topological polar surface area (TPSA) is 66.4 Å². The molecule has 0 bridgehead atoms. The van der Waals surface area contributed by atoms with Gasteiger partial charge in [0.25, 0.3) is 0 Å². The summed E-state index contributed by atoms with van der Waals surface area (Å²) in [4.78, 5) is 26.9. The van der Waals surface area contributed by atoms with Crippen LogP contribution in [-0.2, 0) is 16.1 Å². The van der Waals surface area contributed by atoms with E-state index in [1.807, 2.05) is 6.92 Å². The molecule has 2 heterocycles. The van der Waals surface area contributed by atoms with E-state index in [0.717, 1.165) is 6.42 Å². The van der Waals surface area contributed by atoms with Crippen LogP contribution >= 0.6 is 11.6 Å². The molecule has 6 nitrogen and oxygen atoms in total. The summed E-state index contributed by atoms with van der Waals surface area (Å²) in [6.07, 6.45) is 0.849. The van der Waals surface area contributed by atoms with Gasteiger partial charge < -0.3 is 9.80 Å². The first kappa shape index (κ1) is 13.7. The van der Waals surface area contributed by atoms with Gasteiger partial charge in [-0.3, -0.25) is 9.59 Å². The van der Waals surface area contributed by atoms with E-state index in [1.165, 1.54) is 4.90 Å². The van der Waals surface area contributed by atoms with Gasteiger partial charge in [-0.25, -0.2) is 0 Å². The van der Waals surface area contributed by atoms with Crippen molar-refractivity contribution in [3.63, 3.8) is 0 Å². The average molecular weight is 283 g/mol. The number of carbonyl (C=O) groups excluding carboxylic acids is 2. The molecule has 2 rings (SSSR count). The molecule has 0 N–H and O–H groups in total. The van der Waals surface area contributed by atoms with Crippen LogP contribution in [0.4, 0.5) is 0 Å². The van der Waals surface area contributed by atoms with Gasteiger partial charge in [0.05, 0.1) is 18.8 Å². The maximum Gasteiger partial charge on any atom is 0.243 e. The van der Waals surface area contributed by atoms with E-state index in [0.29, 0.717) is 17.4 Å². The highest BCUT2D eigenvalue weighted by molar-refractivity contribution is 6.29. The number of halogens is 1. The van der Waals surface area contributed by atoms with Gasteiger partial charge in [0.15, 0.2) is 5.15 Å². The molecule has 0 aliphatic carbocycles. The molecule has 0 saturated carbocycles. The van der Waals surface area contributed by atoms with E-state index in [2.05, 4.69) is 10.2 Å². The third-order valence-electron chi connectivity index (χ3n) is 2.89. The van der Waals surface area contributed by atoms with Crippen molar-refractivity contribution in [3.8, 4) is 0 Å². The van der Waals surface area contributed by atoms with Crippen molar-refractivity contribution in [1.29, 1.82) is 0 Å². The zero-order chi connectivity index (χ0) is 13.8. The Morgan fingerprint density at radius 2 is 1.84 bits per heavy atom. The predicted molar refractivity (Wildman–Crippen MR) is 69.3 cm³/mol. The minimum atomic E-state index is -0.0650. The van der Waals surface area contributed by atoms with Crippen molar-refractivity contribution in [2.75, 3.05) is 19.6 Å². The van der Waals surface area contributed by atoms with Crippen molar-refractivity contribution in [3.05, 3.63) is 23.0 Å². The van der Waals surface area contributed by atoms with Crippen LogP contribution in [0.1, 0.15) is 19.0 Å². The number of carbonyl (C=O) groups is 2. The molecule has 1 saturated heterocycles. The number of rotatable bonds is 4. The zero-order valence-electron chi connectivity index (χ0n) is 10.7. The second-order valence-electron chi connectivity index (χ2n) is 4.41. The monoisotopic (exact) mass is 282 g/mol. The summed E-state index contributed by atoms with van der Waals surface area (Å²) >= 11 is 5.65. The highest BCUT2D eigenvalue weighted by Gasteiger charge is 2.29. The Hall–Kier alpha value is -1.69. The first-order chi connectivity index (χ1) is 9.10. The normalized spacial score (nSPS) is 16.1. The minimum absolute atomic E-state index is 0.0247. The smallest absolute Gasteiger partial charge is 0.243 e. The van der Waals surface area contributed by atoms with Crippen molar-refractivity contribution in [2.24, 2.45) is 0 Å². The first-order valence-corrected chi connectivity index (χ1v) is 6.51. The lowest BCUT2D eigenvalue weighted by atomic mass is 10.2. The molecule has 0 aromatic carbocycles. The largest absolute Gasteiger partial charge is 0.332 e. The first-order valence-electron chi connectivity index (χ1n) is 6.14. The minimum Gasteiger partial charge on any atom is -0.332 e. The summed E-state index contributed by atoms with van der Waals surface area (Å²) in [6.45, 7) is 3.14. The predicted octanol–water partition coefficient (Wildman–Crippen LogP) is 0.711. The Bertz CT molecular complexity index is 477. The Kier molecular flexibility index (Phi) is 4.31. The Morgan fingerprint density at radius 1 is 1.16 bits per heavy atom. The lowest BCUT2D eigenvalue weighted by Crippen LogP contribution is -2.53. The fourth-order valence-corrected chi connectivity index (χ4v) is 2.04. The molecule has 1 aromatic heterocycles. The Labute approximate surface area is 116 Å². The number of amides is 2. The molecule has 0 atom stereocenters. The van der Waals surface area contributed by atoms with Gasteiger partial charge in [-0.15, -0.1) is 5.10 Å². The van der Waals surface area contributed by atoms with Gasteiger partial charge >= 0.3 is 0 Å². The number of hydrogen-bond acceptors (Lipinski definition) is 4. The maximum absolute atomic E-state index is 12.0. The van der Waals surface area contributed by atoms with Crippen molar-refractivity contribution < 1.29 is 9.59 Å². The van der Waals surface area contributed by atoms with E-state index in [9.17, 15) is 9.59 Å². The SMILES string of the molecule is CCCN1CC(=O)N(Cc2ccc(Cl)nn2)CC1=O. The molecule has 102 valence electrons. The van der Waals surface area contributed by atoms with Gasteiger partial charge in [0.1, 0.15) is 6.54 Å². The molecule has 1 aromatic rings. The number of hydrogen-bond donors (Lipinski definition) is 0. The summed E-state index contributed by atoms with van der Waals surface area (Å²) in [5.74, 6) is -0.0897. The van der Waals surface area contributed by atoms with E-state index in [4.69, 9.17) is 11.6 Å². The van der Waals surface area contributed by atoms with Crippen molar-refractivity contribution >= 4 is 23.4 Å². The van der Waals surface area contributed by atoms with Crippen molar-refractivity contribution in [2.45, 2.75) is 19.9 Å². The second kappa shape index (κ2) is 5.97. The molecule has 1 fully saturated rings. The molecule has 0 unspecified atom stereocenters. The van der Waals surface area contributed by atoms with Crippen LogP contribution in [0.3, 0.4) is 0 Å². The van der Waals surface area contributed by atoms with Gasteiger partial charge in [0, 0.05) is 6.54 Å². The number of piperazine rings is 1. The molecule has 1 aliphatic rings. The van der Waals surface area contributed by atoms with E-state index < -0.39 is 0 Å².